The Bertz CT molecular complexity index is 2200. The number of carbonyl (C=O) groups is 1. The number of hydrogen-bond donors (Lipinski definition) is 1. The SMILES string of the molecule is CC(C)c1oc(-c2ccc3ccccc3c2)nc1CI.CC(C)c1oc(-c2ccc3ccccc3c2)nc1COC[C@@H]1CCC[C@H](COC(C)(C)C(=O)O)C1. The van der Waals surface area contributed by atoms with Crippen molar-refractivity contribution in [3.05, 3.63) is 108 Å². The van der Waals surface area contributed by atoms with E-state index in [-0.39, 0.29) is 5.92 Å². The Morgan fingerprint density at radius 1 is 0.764 bits per heavy atom. The molecule has 0 aliphatic heterocycles. The number of halogens is 1. The summed E-state index contributed by atoms with van der Waals surface area (Å²) in [5.74, 6) is 3.70. The summed E-state index contributed by atoms with van der Waals surface area (Å²) in [6.45, 7) is 13.3. The third kappa shape index (κ3) is 10.2. The molecular weight excluding hydrogens is 803 g/mol. The fourth-order valence-electron chi connectivity index (χ4n) is 7.14. The van der Waals surface area contributed by atoms with Crippen LogP contribution < -0.4 is 0 Å². The van der Waals surface area contributed by atoms with E-state index >= 15 is 0 Å². The first-order valence-electron chi connectivity index (χ1n) is 19.4. The number of rotatable bonds is 13. The molecule has 0 bridgehead atoms. The van der Waals surface area contributed by atoms with Gasteiger partial charge in [-0.2, -0.15) is 0 Å². The minimum Gasteiger partial charge on any atom is -0.479 e. The summed E-state index contributed by atoms with van der Waals surface area (Å²) in [4.78, 5) is 20.8. The van der Waals surface area contributed by atoms with Crippen molar-refractivity contribution in [1.29, 1.82) is 0 Å². The Labute approximate surface area is 338 Å². The summed E-state index contributed by atoms with van der Waals surface area (Å²) in [6.07, 6.45) is 4.30. The molecule has 1 N–H and O–H groups in total. The summed E-state index contributed by atoms with van der Waals surface area (Å²) < 4.78 is 24.9. The maximum absolute atomic E-state index is 11.3. The Morgan fingerprint density at radius 3 is 1.75 bits per heavy atom. The fourth-order valence-corrected chi connectivity index (χ4v) is 7.68. The number of aromatic nitrogens is 2. The van der Waals surface area contributed by atoms with Gasteiger partial charge in [-0.25, -0.2) is 14.8 Å². The van der Waals surface area contributed by atoms with Gasteiger partial charge in [0.25, 0.3) is 0 Å². The van der Waals surface area contributed by atoms with Gasteiger partial charge in [-0.1, -0.05) is 117 Å². The lowest BCUT2D eigenvalue weighted by molar-refractivity contribution is -0.163. The summed E-state index contributed by atoms with van der Waals surface area (Å²) in [6, 6.07) is 29.2. The molecule has 0 spiro atoms. The van der Waals surface area contributed by atoms with Gasteiger partial charge in [0.1, 0.15) is 17.2 Å². The van der Waals surface area contributed by atoms with Crippen LogP contribution in [0.1, 0.15) is 102 Å². The minimum absolute atomic E-state index is 0.212. The van der Waals surface area contributed by atoms with Crippen LogP contribution in [0.4, 0.5) is 0 Å². The van der Waals surface area contributed by atoms with Crippen LogP contribution in [-0.4, -0.2) is 39.9 Å². The maximum atomic E-state index is 11.3. The van der Waals surface area contributed by atoms with Gasteiger partial charge in [-0.15, -0.1) is 0 Å². The number of aliphatic carboxylic acids is 1. The van der Waals surface area contributed by atoms with E-state index in [4.69, 9.17) is 23.3 Å². The number of alkyl halides is 1. The average molecular weight is 857 g/mol. The van der Waals surface area contributed by atoms with E-state index in [1.165, 1.54) is 16.2 Å². The van der Waals surface area contributed by atoms with Gasteiger partial charge in [-0.3, -0.25) is 0 Å². The fraction of sp³-hybridized carbons (Fsp3) is 0.413. The van der Waals surface area contributed by atoms with Gasteiger partial charge in [-0.05, 0) is 90.8 Å². The van der Waals surface area contributed by atoms with Crippen molar-refractivity contribution >= 4 is 50.1 Å². The van der Waals surface area contributed by atoms with Crippen LogP contribution in [0.25, 0.3) is 44.5 Å². The molecule has 4 aromatic carbocycles. The Morgan fingerprint density at radius 2 is 1.25 bits per heavy atom. The van der Waals surface area contributed by atoms with Crippen molar-refractivity contribution in [1.82, 2.24) is 9.97 Å². The maximum Gasteiger partial charge on any atom is 0.335 e. The lowest BCUT2D eigenvalue weighted by Crippen LogP contribution is -2.37. The van der Waals surface area contributed by atoms with Crippen LogP contribution in [0.3, 0.4) is 0 Å². The van der Waals surface area contributed by atoms with E-state index in [0.717, 1.165) is 75.4 Å². The molecule has 0 saturated heterocycles. The smallest absolute Gasteiger partial charge is 0.335 e. The molecule has 2 atom stereocenters. The van der Waals surface area contributed by atoms with E-state index < -0.39 is 11.6 Å². The lowest BCUT2D eigenvalue weighted by Gasteiger charge is -2.31. The quantitative estimate of drug-likeness (QED) is 0.0904. The Kier molecular flexibility index (Phi) is 13.5. The van der Waals surface area contributed by atoms with Crippen LogP contribution in [0.15, 0.2) is 93.8 Å². The van der Waals surface area contributed by atoms with Crippen LogP contribution >= 0.6 is 22.6 Å². The zero-order valence-corrected chi connectivity index (χ0v) is 35.0. The number of nitrogens with zero attached hydrogens (tertiary/aromatic N) is 2. The molecule has 0 radical (unpaired) electrons. The van der Waals surface area contributed by atoms with Crippen LogP contribution in [0.5, 0.6) is 0 Å². The normalized spacial score (nSPS) is 16.2. The third-order valence-electron chi connectivity index (χ3n) is 10.3. The number of fused-ring (bicyclic) bond motifs is 2. The van der Waals surface area contributed by atoms with E-state index in [1.54, 1.807) is 13.8 Å². The first-order valence-corrected chi connectivity index (χ1v) is 20.9. The summed E-state index contributed by atoms with van der Waals surface area (Å²) in [5.41, 5.74) is 2.79. The van der Waals surface area contributed by atoms with Gasteiger partial charge in [0.05, 0.1) is 18.9 Å². The van der Waals surface area contributed by atoms with Gasteiger partial charge in [0, 0.05) is 34.0 Å². The largest absolute Gasteiger partial charge is 0.479 e. The van der Waals surface area contributed by atoms with Crippen LogP contribution in [0.2, 0.25) is 0 Å². The van der Waals surface area contributed by atoms with Gasteiger partial charge < -0.3 is 23.4 Å². The molecule has 0 amide bonds. The van der Waals surface area contributed by atoms with E-state index in [9.17, 15) is 9.90 Å². The molecule has 1 fully saturated rings. The average Bonchev–Trinajstić information content (AvgIpc) is 3.83. The molecule has 55 heavy (non-hydrogen) atoms. The second-order valence-electron chi connectivity index (χ2n) is 15.8. The number of carboxylic acids is 1. The predicted octanol–water partition coefficient (Wildman–Crippen LogP) is 12.4. The highest BCUT2D eigenvalue weighted by atomic mass is 127. The van der Waals surface area contributed by atoms with Gasteiger partial charge >= 0.3 is 5.97 Å². The first kappa shape index (κ1) is 40.6. The molecule has 1 saturated carbocycles. The summed E-state index contributed by atoms with van der Waals surface area (Å²) >= 11 is 2.34. The molecule has 7 rings (SSSR count). The number of ether oxygens (including phenoxy) is 2. The van der Waals surface area contributed by atoms with Crippen molar-refractivity contribution in [3.8, 4) is 22.9 Å². The van der Waals surface area contributed by atoms with E-state index in [1.807, 2.05) is 12.1 Å². The number of hydrogen-bond acceptors (Lipinski definition) is 7. The second-order valence-corrected chi connectivity index (χ2v) is 16.5. The molecular formula is C46H53IN2O6. The van der Waals surface area contributed by atoms with Crippen molar-refractivity contribution in [2.24, 2.45) is 11.8 Å². The van der Waals surface area contributed by atoms with Gasteiger partial charge in [0.15, 0.2) is 5.60 Å². The molecule has 9 heteroatoms. The molecule has 1 aliphatic rings. The Hall–Kier alpha value is -4.06. The van der Waals surface area contributed by atoms with Crippen molar-refractivity contribution in [2.45, 2.75) is 95.7 Å². The standard InChI is InChI=1S/C29H37NO5.C17H16INO/c1-19(2)26-25(30-27(35-26)24-13-12-22-10-5-6-11-23(22)15-24)18-33-16-20-8-7-9-21(14-20)17-34-29(3,4)28(31)32;1-11(2)16-15(10-18)19-17(20-16)14-8-7-12-5-3-4-6-13(12)9-14/h5-6,10-13,15,19-21H,7-9,14,16-18H2,1-4H3,(H,31,32);3-9,11H,10H2,1-2H3/t20-,21+;/m1./s1. The van der Waals surface area contributed by atoms with Crippen molar-refractivity contribution < 1.29 is 28.2 Å². The monoisotopic (exact) mass is 856 g/mol. The van der Waals surface area contributed by atoms with Crippen molar-refractivity contribution in [3.63, 3.8) is 0 Å². The molecule has 2 heterocycles. The van der Waals surface area contributed by atoms with Crippen molar-refractivity contribution in [2.75, 3.05) is 13.2 Å². The highest BCUT2D eigenvalue weighted by molar-refractivity contribution is 14.1. The topological polar surface area (TPSA) is 108 Å². The molecule has 6 aromatic rings. The zero-order valence-electron chi connectivity index (χ0n) is 32.8. The molecule has 290 valence electrons. The molecule has 2 aromatic heterocycles. The number of benzene rings is 4. The van der Waals surface area contributed by atoms with Crippen LogP contribution in [0, 0.1) is 11.8 Å². The predicted molar refractivity (Wildman–Crippen MR) is 228 cm³/mol. The highest BCUT2D eigenvalue weighted by Gasteiger charge is 2.31. The molecule has 0 unspecified atom stereocenters. The van der Waals surface area contributed by atoms with E-state index in [2.05, 4.69) is 128 Å². The minimum atomic E-state index is -1.15. The second kappa shape index (κ2) is 18.3. The van der Waals surface area contributed by atoms with Gasteiger partial charge in [0.2, 0.25) is 11.8 Å². The number of oxazole rings is 2. The number of carboxylic acid groups (broad SMARTS) is 1. The third-order valence-corrected chi connectivity index (χ3v) is 11.0. The summed E-state index contributed by atoms with van der Waals surface area (Å²) in [7, 11) is 0. The van der Waals surface area contributed by atoms with Crippen LogP contribution in [-0.2, 0) is 25.3 Å². The molecule has 1 aliphatic carbocycles. The van der Waals surface area contributed by atoms with E-state index in [0.29, 0.717) is 43.5 Å². The molecule has 8 nitrogen and oxygen atoms in total. The highest BCUT2D eigenvalue weighted by Crippen LogP contribution is 2.33. The first-order chi connectivity index (χ1) is 26.4. The Balaban J connectivity index is 0.000000217. The lowest BCUT2D eigenvalue weighted by atomic mass is 9.82. The zero-order chi connectivity index (χ0) is 39.1. The summed E-state index contributed by atoms with van der Waals surface area (Å²) in [5, 5.41) is 14.1.